The van der Waals surface area contributed by atoms with Crippen LogP contribution >= 0.6 is 0 Å². The molecular weight excluding hydrogens is 254 g/mol. The third kappa shape index (κ3) is 2.92. The summed E-state index contributed by atoms with van der Waals surface area (Å²) >= 11 is 0.279. The van der Waals surface area contributed by atoms with Gasteiger partial charge in [0.2, 0.25) is 0 Å². The Morgan fingerprint density at radius 1 is 0.800 bits per heavy atom. The summed E-state index contributed by atoms with van der Waals surface area (Å²) in [7, 11) is 0. The molecule has 0 unspecified atom stereocenters. The van der Waals surface area contributed by atoms with E-state index in [0.29, 0.717) is 0 Å². The first-order chi connectivity index (χ1) is 7.24. The zero-order chi connectivity index (χ0) is 10.7. The van der Waals surface area contributed by atoms with Crippen molar-refractivity contribution >= 4 is 23.9 Å². The number of aryl methyl sites for hydroxylation is 1. The number of hydrogen-bond acceptors (Lipinski definition) is 0. The molecule has 0 aromatic heterocycles. The molecule has 0 bridgehead atoms. The fourth-order valence-electron chi connectivity index (χ4n) is 1.25. The zero-order valence-corrected chi connectivity index (χ0v) is 10.1. The maximum atomic E-state index is 12.7. The summed E-state index contributed by atoms with van der Waals surface area (Å²) in [5.41, 5.74) is 1.27. The van der Waals surface area contributed by atoms with Gasteiger partial charge in [-0.25, -0.2) is 0 Å². The third-order valence-corrected chi connectivity index (χ3v) is 4.20. The Morgan fingerprint density at radius 2 is 1.27 bits per heavy atom. The maximum absolute atomic E-state index is 12.7. The van der Waals surface area contributed by atoms with Crippen molar-refractivity contribution in [2.24, 2.45) is 0 Å². The van der Waals surface area contributed by atoms with Gasteiger partial charge in [0, 0.05) is 0 Å². The molecule has 0 heterocycles. The Hall–Kier alpha value is -1.11. The van der Waals surface area contributed by atoms with Crippen molar-refractivity contribution in [3.8, 4) is 0 Å². The van der Waals surface area contributed by atoms with Gasteiger partial charge >= 0.3 is 95.1 Å². The van der Waals surface area contributed by atoms with Crippen LogP contribution in [0.1, 0.15) is 5.56 Å². The van der Waals surface area contributed by atoms with Gasteiger partial charge in [0.05, 0.1) is 0 Å². The van der Waals surface area contributed by atoms with E-state index in [9.17, 15) is 4.39 Å². The minimum absolute atomic E-state index is 0.168. The molecule has 76 valence electrons. The molecule has 15 heavy (non-hydrogen) atoms. The molecule has 0 nitrogen and oxygen atoms in total. The average molecular weight is 265 g/mol. The van der Waals surface area contributed by atoms with Gasteiger partial charge in [-0.15, -0.1) is 0 Å². The Balaban J connectivity index is 2.15. The van der Waals surface area contributed by atoms with E-state index in [1.54, 1.807) is 0 Å². The molecule has 0 amide bonds. The summed E-state index contributed by atoms with van der Waals surface area (Å²) in [6.45, 7) is 2.08. The van der Waals surface area contributed by atoms with Gasteiger partial charge in [-0.3, -0.25) is 0 Å². The van der Waals surface area contributed by atoms with E-state index in [2.05, 4.69) is 31.2 Å². The van der Waals surface area contributed by atoms with Crippen LogP contribution in [0.2, 0.25) is 0 Å². The second-order valence-electron chi connectivity index (χ2n) is 3.37. The fourth-order valence-corrected chi connectivity index (χ4v) is 2.96. The molecule has 2 rings (SSSR count). The van der Waals surface area contributed by atoms with E-state index in [-0.39, 0.29) is 20.8 Å². The quantitative estimate of drug-likeness (QED) is 0.726. The SMILES string of the molecule is Cc1ccc([Se]c2ccc(F)cc2)cc1. The van der Waals surface area contributed by atoms with Gasteiger partial charge in [0.25, 0.3) is 0 Å². The molecule has 0 aliphatic heterocycles. The van der Waals surface area contributed by atoms with Crippen LogP contribution in [-0.2, 0) is 0 Å². The van der Waals surface area contributed by atoms with Crippen LogP contribution in [0, 0.1) is 12.7 Å². The summed E-state index contributed by atoms with van der Waals surface area (Å²) in [4.78, 5) is 0. The summed E-state index contributed by atoms with van der Waals surface area (Å²) < 4.78 is 15.2. The predicted molar refractivity (Wildman–Crippen MR) is 62.6 cm³/mol. The molecule has 0 fully saturated rings. The van der Waals surface area contributed by atoms with Crippen LogP contribution in [0.15, 0.2) is 48.5 Å². The predicted octanol–water partition coefficient (Wildman–Crippen LogP) is 1.79. The minimum atomic E-state index is -0.168. The molecular formula is C13H11FSe. The first-order valence-electron chi connectivity index (χ1n) is 4.74. The van der Waals surface area contributed by atoms with Crippen LogP contribution < -0.4 is 8.92 Å². The van der Waals surface area contributed by atoms with Gasteiger partial charge in [-0.2, -0.15) is 0 Å². The second kappa shape index (κ2) is 4.61. The van der Waals surface area contributed by atoms with E-state index >= 15 is 0 Å². The average Bonchev–Trinajstić information content (AvgIpc) is 2.25. The van der Waals surface area contributed by atoms with Gasteiger partial charge in [0.15, 0.2) is 0 Å². The number of halogens is 1. The molecule has 2 aromatic carbocycles. The molecule has 0 saturated heterocycles. The van der Waals surface area contributed by atoms with Crippen LogP contribution in [0.25, 0.3) is 0 Å². The molecule has 2 aromatic rings. The summed E-state index contributed by atoms with van der Waals surface area (Å²) in [6, 6.07) is 15.2. The Bertz CT molecular complexity index is 388. The molecule has 0 N–H and O–H groups in total. The normalized spacial score (nSPS) is 10.3. The zero-order valence-electron chi connectivity index (χ0n) is 8.41. The molecule has 0 aliphatic rings. The summed E-state index contributed by atoms with van der Waals surface area (Å²) in [5, 5.41) is 0. The molecule has 0 radical (unpaired) electrons. The molecule has 0 aliphatic carbocycles. The van der Waals surface area contributed by atoms with Gasteiger partial charge in [-0.1, -0.05) is 0 Å². The van der Waals surface area contributed by atoms with Gasteiger partial charge in [0.1, 0.15) is 0 Å². The van der Waals surface area contributed by atoms with Crippen molar-refractivity contribution < 1.29 is 4.39 Å². The van der Waals surface area contributed by atoms with Crippen molar-refractivity contribution in [2.45, 2.75) is 6.92 Å². The number of rotatable bonds is 2. The van der Waals surface area contributed by atoms with E-state index in [1.165, 1.54) is 26.6 Å². The topological polar surface area (TPSA) is 0 Å². The standard InChI is InChI=1S/C13H11FSe/c1-10-2-6-12(7-3-10)15-13-8-4-11(14)5-9-13/h2-9H,1H3. The van der Waals surface area contributed by atoms with Crippen LogP contribution in [0.4, 0.5) is 4.39 Å². The Morgan fingerprint density at radius 3 is 1.80 bits per heavy atom. The summed E-state index contributed by atoms with van der Waals surface area (Å²) in [6.07, 6.45) is 0. The van der Waals surface area contributed by atoms with Crippen LogP contribution in [0.3, 0.4) is 0 Å². The molecule has 0 spiro atoms. The number of benzene rings is 2. The van der Waals surface area contributed by atoms with E-state index in [4.69, 9.17) is 0 Å². The number of hydrogen-bond donors (Lipinski definition) is 0. The van der Waals surface area contributed by atoms with Crippen molar-refractivity contribution in [3.05, 3.63) is 59.9 Å². The van der Waals surface area contributed by atoms with Crippen LogP contribution in [-0.4, -0.2) is 15.0 Å². The van der Waals surface area contributed by atoms with Gasteiger partial charge in [-0.05, 0) is 0 Å². The van der Waals surface area contributed by atoms with Crippen molar-refractivity contribution in [3.63, 3.8) is 0 Å². The Kier molecular flexibility index (Phi) is 3.20. The molecule has 0 saturated carbocycles. The first kappa shape index (κ1) is 10.4. The van der Waals surface area contributed by atoms with Crippen molar-refractivity contribution in [1.29, 1.82) is 0 Å². The van der Waals surface area contributed by atoms with Gasteiger partial charge < -0.3 is 0 Å². The van der Waals surface area contributed by atoms with Crippen molar-refractivity contribution in [2.75, 3.05) is 0 Å². The first-order valence-corrected chi connectivity index (χ1v) is 6.45. The van der Waals surface area contributed by atoms with Crippen LogP contribution in [0.5, 0.6) is 0 Å². The fraction of sp³-hybridized carbons (Fsp3) is 0.0769. The van der Waals surface area contributed by atoms with E-state index < -0.39 is 0 Å². The molecule has 2 heteroatoms. The molecule has 0 atom stereocenters. The van der Waals surface area contributed by atoms with E-state index in [1.807, 2.05) is 12.1 Å². The third-order valence-electron chi connectivity index (χ3n) is 2.07. The monoisotopic (exact) mass is 266 g/mol. The summed E-state index contributed by atoms with van der Waals surface area (Å²) in [5.74, 6) is -0.168. The Labute approximate surface area is 95.3 Å². The van der Waals surface area contributed by atoms with Crippen molar-refractivity contribution in [1.82, 2.24) is 0 Å². The second-order valence-corrected chi connectivity index (χ2v) is 5.78. The van der Waals surface area contributed by atoms with E-state index in [0.717, 1.165) is 0 Å².